The van der Waals surface area contributed by atoms with Gasteiger partial charge in [-0.05, 0) is 25.5 Å². The Morgan fingerprint density at radius 2 is 2.20 bits per heavy atom. The van der Waals surface area contributed by atoms with Crippen LogP contribution < -0.4 is 10.6 Å². The molecule has 0 fully saturated rings. The normalized spacial score (nSPS) is 10.3. The van der Waals surface area contributed by atoms with Crippen molar-refractivity contribution in [3.05, 3.63) is 35.6 Å². The fourth-order valence-electron chi connectivity index (χ4n) is 1.57. The van der Waals surface area contributed by atoms with Crippen LogP contribution in [0.25, 0.3) is 0 Å². The number of pyridine rings is 1. The lowest BCUT2D eigenvalue weighted by Gasteiger charge is -2.06. The SMILES string of the molecule is CCCNc1cccc(C(=O)NCc2nc(C)no2)n1. The van der Waals surface area contributed by atoms with Crippen molar-refractivity contribution in [3.8, 4) is 0 Å². The van der Waals surface area contributed by atoms with Crippen LogP contribution in [0.5, 0.6) is 0 Å². The predicted molar refractivity (Wildman–Crippen MR) is 73.2 cm³/mol. The van der Waals surface area contributed by atoms with Crippen LogP contribution in [-0.4, -0.2) is 27.6 Å². The fraction of sp³-hybridized carbons (Fsp3) is 0.385. The number of aryl methyl sites for hydroxylation is 1. The molecule has 0 saturated heterocycles. The zero-order valence-corrected chi connectivity index (χ0v) is 11.5. The highest BCUT2D eigenvalue weighted by Crippen LogP contribution is 2.05. The monoisotopic (exact) mass is 275 g/mol. The number of anilines is 1. The number of nitrogens with zero attached hydrogens (tertiary/aromatic N) is 3. The molecule has 2 N–H and O–H groups in total. The minimum atomic E-state index is -0.277. The van der Waals surface area contributed by atoms with Crippen LogP contribution in [0.15, 0.2) is 22.7 Å². The molecule has 0 aliphatic rings. The molecular weight excluding hydrogens is 258 g/mol. The molecule has 0 aliphatic carbocycles. The second kappa shape index (κ2) is 6.65. The summed E-state index contributed by atoms with van der Waals surface area (Å²) in [5.41, 5.74) is 0.349. The van der Waals surface area contributed by atoms with Crippen LogP contribution in [0.3, 0.4) is 0 Å². The van der Waals surface area contributed by atoms with Gasteiger partial charge in [-0.15, -0.1) is 0 Å². The molecule has 0 bridgehead atoms. The summed E-state index contributed by atoms with van der Waals surface area (Å²) in [6.45, 7) is 4.79. The van der Waals surface area contributed by atoms with Gasteiger partial charge in [0.15, 0.2) is 5.82 Å². The first-order valence-electron chi connectivity index (χ1n) is 6.47. The maximum atomic E-state index is 12.0. The highest BCUT2D eigenvalue weighted by Gasteiger charge is 2.10. The smallest absolute Gasteiger partial charge is 0.270 e. The Balaban J connectivity index is 1.94. The van der Waals surface area contributed by atoms with E-state index in [2.05, 4.69) is 32.7 Å². The third-order valence-corrected chi connectivity index (χ3v) is 2.51. The zero-order chi connectivity index (χ0) is 14.4. The van der Waals surface area contributed by atoms with E-state index in [1.54, 1.807) is 19.1 Å². The molecule has 20 heavy (non-hydrogen) atoms. The van der Waals surface area contributed by atoms with E-state index >= 15 is 0 Å². The van der Waals surface area contributed by atoms with Crippen molar-refractivity contribution >= 4 is 11.7 Å². The van der Waals surface area contributed by atoms with E-state index in [4.69, 9.17) is 4.52 Å². The van der Waals surface area contributed by atoms with Crippen LogP contribution in [0, 0.1) is 6.92 Å². The van der Waals surface area contributed by atoms with Crippen molar-refractivity contribution in [3.63, 3.8) is 0 Å². The number of carbonyl (C=O) groups is 1. The molecule has 0 aromatic carbocycles. The van der Waals surface area contributed by atoms with Crippen molar-refractivity contribution in [1.29, 1.82) is 0 Å². The van der Waals surface area contributed by atoms with E-state index in [1.807, 2.05) is 6.07 Å². The van der Waals surface area contributed by atoms with Crippen molar-refractivity contribution in [2.24, 2.45) is 0 Å². The Bertz CT molecular complexity index is 582. The number of rotatable bonds is 6. The maximum Gasteiger partial charge on any atom is 0.270 e. The standard InChI is InChI=1S/C13H17N5O2/c1-3-7-14-11-6-4-5-10(17-11)13(19)15-8-12-16-9(2)18-20-12/h4-6H,3,7-8H2,1-2H3,(H,14,17)(H,15,19). The third kappa shape index (κ3) is 3.78. The molecule has 0 atom stereocenters. The maximum absolute atomic E-state index is 12.0. The van der Waals surface area contributed by atoms with Gasteiger partial charge in [0.05, 0.1) is 6.54 Å². The number of hydrogen-bond acceptors (Lipinski definition) is 6. The van der Waals surface area contributed by atoms with Gasteiger partial charge in [0.25, 0.3) is 5.91 Å². The second-order valence-electron chi connectivity index (χ2n) is 4.25. The summed E-state index contributed by atoms with van der Waals surface area (Å²) < 4.78 is 4.92. The number of carbonyl (C=O) groups excluding carboxylic acids is 1. The molecule has 7 heteroatoms. The summed E-state index contributed by atoms with van der Waals surface area (Å²) in [5.74, 6) is 1.32. The lowest BCUT2D eigenvalue weighted by Crippen LogP contribution is -2.24. The van der Waals surface area contributed by atoms with Crippen LogP contribution in [0.2, 0.25) is 0 Å². The topological polar surface area (TPSA) is 92.9 Å². The van der Waals surface area contributed by atoms with Gasteiger partial charge >= 0.3 is 0 Å². The van der Waals surface area contributed by atoms with Gasteiger partial charge in [-0.3, -0.25) is 4.79 Å². The molecule has 0 saturated carbocycles. The van der Waals surface area contributed by atoms with Gasteiger partial charge in [0.2, 0.25) is 5.89 Å². The Morgan fingerprint density at radius 3 is 2.90 bits per heavy atom. The molecule has 1 amide bonds. The van der Waals surface area contributed by atoms with Crippen molar-refractivity contribution in [1.82, 2.24) is 20.4 Å². The van der Waals surface area contributed by atoms with E-state index in [0.29, 0.717) is 23.2 Å². The van der Waals surface area contributed by atoms with Crippen LogP contribution in [-0.2, 0) is 6.54 Å². The molecule has 106 valence electrons. The summed E-state index contributed by atoms with van der Waals surface area (Å²) >= 11 is 0. The Hall–Kier alpha value is -2.44. The van der Waals surface area contributed by atoms with Crippen LogP contribution in [0.1, 0.15) is 35.5 Å². The van der Waals surface area contributed by atoms with Gasteiger partial charge < -0.3 is 15.2 Å². The van der Waals surface area contributed by atoms with Crippen molar-refractivity contribution in [2.45, 2.75) is 26.8 Å². The number of nitrogens with one attached hydrogen (secondary N) is 2. The molecular formula is C13H17N5O2. The minimum Gasteiger partial charge on any atom is -0.370 e. The molecule has 7 nitrogen and oxygen atoms in total. The van der Waals surface area contributed by atoms with Gasteiger partial charge in [-0.25, -0.2) is 4.98 Å². The van der Waals surface area contributed by atoms with Crippen molar-refractivity contribution < 1.29 is 9.32 Å². The summed E-state index contributed by atoms with van der Waals surface area (Å²) in [6.07, 6.45) is 0.995. The number of aromatic nitrogens is 3. The Labute approximate surface area is 116 Å². The Morgan fingerprint density at radius 1 is 1.35 bits per heavy atom. The molecule has 0 aliphatic heterocycles. The summed E-state index contributed by atoms with van der Waals surface area (Å²) in [7, 11) is 0. The second-order valence-corrected chi connectivity index (χ2v) is 4.25. The summed E-state index contributed by atoms with van der Waals surface area (Å²) in [6, 6.07) is 5.27. The molecule has 2 rings (SSSR count). The van der Waals surface area contributed by atoms with Gasteiger partial charge in [0, 0.05) is 6.54 Å². The molecule has 0 spiro atoms. The van der Waals surface area contributed by atoms with Crippen molar-refractivity contribution in [2.75, 3.05) is 11.9 Å². The van der Waals surface area contributed by atoms with E-state index < -0.39 is 0 Å². The van der Waals surface area contributed by atoms with E-state index in [9.17, 15) is 4.79 Å². The summed E-state index contributed by atoms with van der Waals surface area (Å²) in [4.78, 5) is 20.2. The largest absolute Gasteiger partial charge is 0.370 e. The average Bonchev–Trinajstić information content (AvgIpc) is 2.88. The molecule has 0 radical (unpaired) electrons. The fourth-order valence-corrected chi connectivity index (χ4v) is 1.57. The first kappa shape index (κ1) is 14.0. The third-order valence-electron chi connectivity index (χ3n) is 2.51. The molecule has 2 aromatic rings. The van der Waals surface area contributed by atoms with Gasteiger partial charge in [-0.2, -0.15) is 4.98 Å². The number of amides is 1. The summed E-state index contributed by atoms with van der Waals surface area (Å²) in [5, 5.41) is 9.47. The highest BCUT2D eigenvalue weighted by atomic mass is 16.5. The molecule has 0 unspecified atom stereocenters. The van der Waals surface area contributed by atoms with E-state index in [-0.39, 0.29) is 12.5 Å². The van der Waals surface area contributed by atoms with E-state index in [1.165, 1.54) is 0 Å². The lowest BCUT2D eigenvalue weighted by atomic mass is 10.3. The molecule has 2 aromatic heterocycles. The average molecular weight is 275 g/mol. The Kier molecular flexibility index (Phi) is 4.65. The molecule has 2 heterocycles. The first-order chi connectivity index (χ1) is 9.69. The highest BCUT2D eigenvalue weighted by molar-refractivity contribution is 5.92. The first-order valence-corrected chi connectivity index (χ1v) is 6.47. The van der Waals surface area contributed by atoms with E-state index in [0.717, 1.165) is 13.0 Å². The quantitative estimate of drug-likeness (QED) is 0.830. The minimum absolute atomic E-state index is 0.188. The zero-order valence-electron chi connectivity index (χ0n) is 11.5. The number of hydrogen-bond donors (Lipinski definition) is 2. The van der Waals surface area contributed by atoms with Gasteiger partial charge in [-0.1, -0.05) is 18.1 Å². The van der Waals surface area contributed by atoms with Crippen LogP contribution >= 0.6 is 0 Å². The predicted octanol–water partition coefficient (Wildman–Crippen LogP) is 1.52. The lowest BCUT2D eigenvalue weighted by molar-refractivity contribution is 0.0941. The van der Waals surface area contributed by atoms with Gasteiger partial charge in [0.1, 0.15) is 11.5 Å². The van der Waals surface area contributed by atoms with Crippen LogP contribution in [0.4, 0.5) is 5.82 Å².